The Morgan fingerprint density at radius 3 is 2.49 bits per heavy atom. The molecule has 1 N–H and O–H groups in total. The van der Waals surface area contributed by atoms with Crippen LogP contribution in [-0.4, -0.2) is 49.7 Å². The lowest BCUT2D eigenvalue weighted by molar-refractivity contribution is -0.284. The van der Waals surface area contributed by atoms with Crippen LogP contribution in [-0.2, 0) is 11.3 Å². The highest BCUT2D eigenvalue weighted by molar-refractivity contribution is 8.15. The molecule has 3 amide bonds. The van der Waals surface area contributed by atoms with Crippen molar-refractivity contribution < 1.29 is 31.5 Å². The summed E-state index contributed by atoms with van der Waals surface area (Å²) in [5.41, 5.74) is 3.59. The first-order valence-electron chi connectivity index (χ1n) is 12.7. The number of halogens is 5. The molecule has 3 aromatic rings. The quantitative estimate of drug-likeness (QED) is 0.283. The number of thioether (sulfide) groups is 1. The molecular weight excluding hydrogens is 567 g/mol. The number of alkyl halides is 5. The van der Waals surface area contributed by atoms with Gasteiger partial charge in [0, 0.05) is 24.2 Å². The zero-order chi connectivity index (χ0) is 29.9. The predicted octanol–water partition coefficient (Wildman–Crippen LogP) is 7.02. The molecule has 0 radical (unpaired) electrons. The Balaban J connectivity index is 1.40. The van der Waals surface area contributed by atoms with Gasteiger partial charge in [0.05, 0.1) is 11.4 Å². The van der Waals surface area contributed by atoms with Crippen LogP contribution in [0.4, 0.5) is 38.1 Å². The SMILES string of the molecule is Cc1ccc(C(C)C)c(N2C(=O)CS/C2=N\C(=O)Nc2ccc(-c3ncn(CCCC(F)(F)C(F)(F)F)n3)cc2)c1. The second-order valence-corrected chi connectivity index (χ2v) is 10.7. The van der Waals surface area contributed by atoms with E-state index in [0.717, 1.165) is 11.1 Å². The number of amides is 3. The number of urea groups is 1. The number of aryl methyl sites for hydroxylation is 2. The third kappa shape index (κ3) is 7.10. The van der Waals surface area contributed by atoms with Crippen LogP contribution >= 0.6 is 11.8 Å². The monoisotopic (exact) mass is 594 g/mol. The maximum atomic E-state index is 13.1. The van der Waals surface area contributed by atoms with Crippen LogP contribution < -0.4 is 10.2 Å². The van der Waals surface area contributed by atoms with E-state index in [2.05, 4.69) is 20.4 Å². The van der Waals surface area contributed by atoms with Gasteiger partial charge in [0.25, 0.3) is 0 Å². The molecule has 1 aliphatic heterocycles. The Kier molecular flexibility index (Phi) is 8.80. The molecule has 218 valence electrons. The number of aliphatic imine (C=N–C) groups is 1. The maximum Gasteiger partial charge on any atom is 0.453 e. The number of amidine groups is 1. The number of benzene rings is 2. The van der Waals surface area contributed by atoms with Gasteiger partial charge in [-0.15, -0.1) is 0 Å². The van der Waals surface area contributed by atoms with E-state index in [-0.39, 0.29) is 35.1 Å². The summed E-state index contributed by atoms with van der Waals surface area (Å²) in [4.78, 5) is 35.1. The molecule has 14 heteroatoms. The second-order valence-electron chi connectivity index (χ2n) is 9.77. The molecule has 2 aromatic carbocycles. The van der Waals surface area contributed by atoms with Gasteiger partial charge in [0.2, 0.25) is 5.91 Å². The fourth-order valence-electron chi connectivity index (χ4n) is 4.10. The summed E-state index contributed by atoms with van der Waals surface area (Å²) < 4.78 is 64.3. The van der Waals surface area contributed by atoms with Gasteiger partial charge in [0.1, 0.15) is 6.33 Å². The maximum absolute atomic E-state index is 13.1. The molecule has 4 rings (SSSR count). The summed E-state index contributed by atoms with van der Waals surface area (Å²) in [7, 11) is 0. The summed E-state index contributed by atoms with van der Waals surface area (Å²) in [6, 6.07) is 11.6. The average Bonchev–Trinajstić information content (AvgIpc) is 3.50. The van der Waals surface area contributed by atoms with Crippen LogP contribution in [0, 0.1) is 6.92 Å². The zero-order valence-electron chi connectivity index (χ0n) is 22.4. The normalized spacial score (nSPS) is 15.3. The third-order valence-corrected chi connectivity index (χ3v) is 7.16. The first-order valence-corrected chi connectivity index (χ1v) is 13.6. The van der Waals surface area contributed by atoms with Crippen molar-refractivity contribution in [1.29, 1.82) is 0 Å². The summed E-state index contributed by atoms with van der Waals surface area (Å²) in [6.45, 7) is 5.81. The first-order chi connectivity index (χ1) is 19.2. The molecule has 1 aliphatic rings. The fourth-order valence-corrected chi connectivity index (χ4v) is 4.96. The van der Waals surface area contributed by atoms with Gasteiger partial charge in [-0.1, -0.05) is 37.7 Å². The highest BCUT2D eigenvalue weighted by atomic mass is 32.2. The zero-order valence-corrected chi connectivity index (χ0v) is 23.2. The molecule has 41 heavy (non-hydrogen) atoms. The van der Waals surface area contributed by atoms with E-state index in [4.69, 9.17) is 0 Å². The summed E-state index contributed by atoms with van der Waals surface area (Å²) >= 11 is 1.18. The van der Waals surface area contributed by atoms with Gasteiger partial charge in [0.15, 0.2) is 11.0 Å². The number of nitrogens with zero attached hydrogens (tertiary/aromatic N) is 5. The van der Waals surface area contributed by atoms with Crippen LogP contribution in [0.1, 0.15) is 43.7 Å². The molecule has 0 aliphatic carbocycles. The van der Waals surface area contributed by atoms with E-state index < -0.39 is 31.0 Å². The molecule has 0 atom stereocenters. The topological polar surface area (TPSA) is 92.5 Å². The van der Waals surface area contributed by atoms with E-state index >= 15 is 0 Å². The molecular formula is C27H27F5N6O2S. The number of nitrogens with one attached hydrogen (secondary N) is 1. The number of hydrogen-bond acceptors (Lipinski definition) is 5. The first kappa shape index (κ1) is 30.2. The summed E-state index contributed by atoms with van der Waals surface area (Å²) in [5, 5.41) is 7.05. The van der Waals surface area contributed by atoms with E-state index in [9.17, 15) is 31.5 Å². The number of carbonyl (C=O) groups is 2. The molecule has 2 heterocycles. The molecule has 0 unspecified atom stereocenters. The molecule has 0 bridgehead atoms. The van der Waals surface area contributed by atoms with E-state index in [1.54, 1.807) is 24.3 Å². The van der Waals surface area contributed by atoms with Gasteiger partial charge >= 0.3 is 18.1 Å². The van der Waals surface area contributed by atoms with Gasteiger partial charge in [-0.2, -0.15) is 32.0 Å². The van der Waals surface area contributed by atoms with Crippen LogP contribution in [0.3, 0.4) is 0 Å². The Labute approximate surface area is 237 Å². The largest absolute Gasteiger partial charge is 0.453 e. The minimum atomic E-state index is -5.59. The molecule has 1 saturated heterocycles. The average molecular weight is 595 g/mol. The number of rotatable bonds is 8. The Bertz CT molecular complexity index is 1450. The van der Waals surface area contributed by atoms with E-state index in [1.165, 1.54) is 27.7 Å². The standard InChI is InChI=1S/C27H27F5N6O2S/c1-16(2)20-10-5-17(3)13-21(20)38-22(39)14-41-25(38)35-24(40)34-19-8-6-18(7-9-19)23-33-15-37(36-23)12-4-11-26(28,29)27(30,31)32/h5-10,13,15-16H,4,11-12,14H2,1-3H3,(H,34,40)/b35-25-. The third-order valence-electron chi connectivity index (χ3n) is 6.24. The molecule has 8 nitrogen and oxygen atoms in total. The highest BCUT2D eigenvalue weighted by Crippen LogP contribution is 2.39. The number of aromatic nitrogens is 3. The minimum Gasteiger partial charge on any atom is -0.306 e. The molecule has 0 saturated carbocycles. The lowest BCUT2D eigenvalue weighted by Crippen LogP contribution is -2.36. The summed E-state index contributed by atoms with van der Waals surface area (Å²) in [6.07, 6.45) is -6.13. The Hall–Kier alpha value is -3.81. The van der Waals surface area contributed by atoms with Crippen LogP contribution in [0.25, 0.3) is 11.4 Å². The van der Waals surface area contributed by atoms with Crippen molar-refractivity contribution in [1.82, 2.24) is 14.8 Å². The van der Waals surface area contributed by atoms with Gasteiger partial charge < -0.3 is 5.32 Å². The van der Waals surface area contributed by atoms with E-state index in [1.807, 2.05) is 39.0 Å². The second kappa shape index (κ2) is 12.0. The Morgan fingerprint density at radius 2 is 1.83 bits per heavy atom. The van der Waals surface area contributed by atoms with Gasteiger partial charge in [-0.05, 0) is 60.7 Å². The lowest BCUT2D eigenvalue weighted by atomic mass is 9.99. The van der Waals surface area contributed by atoms with Crippen molar-refractivity contribution in [3.05, 3.63) is 59.9 Å². The Morgan fingerprint density at radius 1 is 1.12 bits per heavy atom. The molecule has 1 fully saturated rings. The minimum absolute atomic E-state index is 0.151. The van der Waals surface area contributed by atoms with Gasteiger partial charge in [-0.3, -0.25) is 14.4 Å². The lowest BCUT2D eigenvalue weighted by Gasteiger charge is -2.22. The van der Waals surface area contributed by atoms with Crippen molar-refractivity contribution in [2.75, 3.05) is 16.0 Å². The fraction of sp³-hybridized carbons (Fsp3) is 0.370. The van der Waals surface area contributed by atoms with Gasteiger partial charge in [-0.25, -0.2) is 9.78 Å². The van der Waals surface area contributed by atoms with Crippen molar-refractivity contribution in [3.8, 4) is 11.4 Å². The number of hydrogen-bond donors (Lipinski definition) is 1. The van der Waals surface area contributed by atoms with Crippen molar-refractivity contribution in [2.45, 2.75) is 58.2 Å². The van der Waals surface area contributed by atoms with Crippen LogP contribution in [0.5, 0.6) is 0 Å². The highest BCUT2D eigenvalue weighted by Gasteiger charge is 2.56. The van der Waals surface area contributed by atoms with Crippen molar-refractivity contribution in [2.24, 2.45) is 4.99 Å². The molecule has 0 spiro atoms. The smallest absolute Gasteiger partial charge is 0.306 e. The number of anilines is 2. The van der Waals surface area contributed by atoms with E-state index in [0.29, 0.717) is 16.9 Å². The predicted molar refractivity (Wildman–Crippen MR) is 147 cm³/mol. The van der Waals surface area contributed by atoms with Crippen LogP contribution in [0.15, 0.2) is 53.8 Å². The summed E-state index contributed by atoms with van der Waals surface area (Å²) in [5.74, 6) is -4.38. The number of carbonyl (C=O) groups excluding carboxylic acids is 2. The molecule has 1 aromatic heterocycles. The van der Waals surface area contributed by atoms with Crippen molar-refractivity contribution >= 4 is 40.2 Å². The van der Waals surface area contributed by atoms with Crippen LogP contribution in [0.2, 0.25) is 0 Å². The van der Waals surface area contributed by atoms with Crippen molar-refractivity contribution in [3.63, 3.8) is 0 Å².